The van der Waals surface area contributed by atoms with E-state index < -0.39 is 0 Å². The summed E-state index contributed by atoms with van der Waals surface area (Å²) >= 11 is 1.80. The largest absolute Gasteiger partial charge is 0.311 e. The standard InChI is InChI=1S/C13H20N2O2S/c1-10-5-6-11(7-12(10)15(16)17)8-14-9-13(2,3)18-4/h5-7,14H,8-9H2,1-4H3. The van der Waals surface area contributed by atoms with Crippen LogP contribution in [-0.2, 0) is 6.54 Å². The molecule has 0 saturated carbocycles. The Kier molecular flexibility index (Phi) is 5.16. The number of nitrogens with zero attached hydrogens (tertiary/aromatic N) is 1. The second-order valence-corrected chi connectivity index (χ2v) is 6.46. The molecule has 1 aromatic carbocycles. The summed E-state index contributed by atoms with van der Waals surface area (Å²) in [6.07, 6.45) is 2.08. The SMILES string of the molecule is CSC(C)(C)CNCc1ccc(C)c([N+](=O)[O-])c1. The Balaban J connectivity index is 2.64. The monoisotopic (exact) mass is 268 g/mol. The van der Waals surface area contributed by atoms with Gasteiger partial charge in [-0.3, -0.25) is 10.1 Å². The number of nitro benzene ring substituents is 1. The van der Waals surface area contributed by atoms with E-state index in [0.717, 1.165) is 12.1 Å². The zero-order chi connectivity index (χ0) is 13.8. The summed E-state index contributed by atoms with van der Waals surface area (Å²) in [7, 11) is 0. The molecule has 0 heterocycles. The highest BCUT2D eigenvalue weighted by atomic mass is 32.2. The highest BCUT2D eigenvalue weighted by molar-refractivity contribution is 7.99. The first kappa shape index (κ1) is 15.0. The van der Waals surface area contributed by atoms with E-state index in [2.05, 4.69) is 25.4 Å². The number of rotatable bonds is 6. The van der Waals surface area contributed by atoms with Gasteiger partial charge in [-0.2, -0.15) is 11.8 Å². The molecular formula is C13H20N2O2S. The summed E-state index contributed by atoms with van der Waals surface area (Å²) in [5, 5.41) is 14.2. The number of benzene rings is 1. The number of thioether (sulfide) groups is 1. The maximum absolute atomic E-state index is 10.8. The van der Waals surface area contributed by atoms with Gasteiger partial charge in [0.05, 0.1) is 4.92 Å². The van der Waals surface area contributed by atoms with Gasteiger partial charge in [-0.1, -0.05) is 12.1 Å². The molecule has 0 atom stereocenters. The zero-order valence-electron chi connectivity index (χ0n) is 11.3. The number of nitro groups is 1. The summed E-state index contributed by atoms with van der Waals surface area (Å²) < 4.78 is 0.177. The van der Waals surface area contributed by atoms with Crippen molar-refractivity contribution in [2.24, 2.45) is 0 Å². The number of hydrogen-bond acceptors (Lipinski definition) is 4. The van der Waals surface area contributed by atoms with Crippen LogP contribution in [0.4, 0.5) is 5.69 Å². The molecule has 0 aromatic heterocycles. The minimum absolute atomic E-state index is 0.177. The molecule has 1 rings (SSSR count). The van der Waals surface area contributed by atoms with E-state index in [1.165, 1.54) is 0 Å². The van der Waals surface area contributed by atoms with Gasteiger partial charge in [0.1, 0.15) is 0 Å². The molecule has 0 amide bonds. The Morgan fingerprint density at radius 2 is 2.11 bits per heavy atom. The first-order chi connectivity index (χ1) is 8.35. The molecule has 0 bridgehead atoms. The van der Waals surface area contributed by atoms with Crippen LogP contribution >= 0.6 is 11.8 Å². The van der Waals surface area contributed by atoms with Gasteiger partial charge in [0.2, 0.25) is 0 Å². The molecule has 100 valence electrons. The second-order valence-electron chi connectivity index (χ2n) is 4.95. The van der Waals surface area contributed by atoms with Crippen LogP contribution < -0.4 is 5.32 Å². The van der Waals surface area contributed by atoms with Crippen LogP contribution in [0.5, 0.6) is 0 Å². The molecule has 0 fully saturated rings. The maximum Gasteiger partial charge on any atom is 0.272 e. The molecule has 1 N–H and O–H groups in total. The fourth-order valence-corrected chi connectivity index (χ4v) is 1.79. The van der Waals surface area contributed by atoms with Crippen LogP contribution in [0.25, 0.3) is 0 Å². The molecule has 0 aliphatic carbocycles. The molecular weight excluding hydrogens is 248 g/mol. The fraction of sp³-hybridized carbons (Fsp3) is 0.538. The Morgan fingerprint density at radius 3 is 2.67 bits per heavy atom. The Labute approximate surface area is 112 Å². The summed E-state index contributed by atoms with van der Waals surface area (Å²) in [5.74, 6) is 0. The first-order valence-electron chi connectivity index (χ1n) is 5.85. The highest BCUT2D eigenvalue weighted by Crippen LogP contribution is 2.21. The smallest absolute Gasteiger partial charge is 0.272 e. The minimum atomic E-state index is -0.329. The van der Waals surface area contributed by atoms with Gasteiger partial charge in [-0.15, -0.1) is 0 Å². The summed E-state index contributed by atoms with van der Waals surface area (Å²) in [5.41, 5.74) is 1.84. The van der Waals surface area contributed by atoms with Gasteiger partial charge in [0.25, 0.3) is 5.69 Å². The van der Waals surface area contributed by atoms with E-state index in [-0.39, 0.29) is 15.4 Å². The van der Waals surface area contributed by atoms with Crippen molar-refractivity contribution in [3.05, 3.63) is 39.4 Å². The number of nitrogens with one attached hydrogen (secondary N) is 1. The molecule has 0 radical (unpaired) electrons. The summed E-state index contributed by atoms with van der Waals surface area (Å²) in [6.45, 7) is 7.62. The predicted octanol–water partition coefficient (Wildman–Crippen LogP) is 3.13. The third-order valence-corrected chi connectivity index (χ3v) is 4.15. The summed E-state index contributed by atoms with van der Waals surface area (Å²) in [6, 6.07) is 5.38. The third-order valence-electron chi connectivity index (χ3n) is 2.90. The molecule has 5 heteroatoms. The van der Waals surface area contributed by atoms with Gasteiger partial charge >= 0.3 is 0 Å². The average molecular weight is 268 g/mol. The predicted molar refractivity (Wildman–Crippen MR) is 77.1 cm³/mol. The molecule has 18 heavy (non-hydrogen) atoms. The van der Waals surface area contributed by atoms with Crippen molar-refractivity contribution >= 4 is 17.4 Å². The summed E-state index contributed by atoms with van der Waals surface area (Å²) in [4.78, 5) is 10.5. The van der Waals surface area contributed by atoms with Crippen LogP contribution in [-0.4, -0.2) is 22.5 Å². The average Bonchev–Trinajstić information content (AvgIpc) is 2.31. The molecule has 0 aliphatic rings. The third kappa shape index (κ3) is 4.31. The lowest BCUT2D eigenvalue weighted by atomic mass is 10.1. The van der Waals surface area contributed by atoms with E-state index >= 15 is 0 Å². The fourth-order valence-electron chi connectivity index (χ4n) is 1.54. The topological polar surface area (TPSA) is 55.2 Å². The highest BCUT2D eigenvalue weighted by Gasteiger charge is 2.15. The van der Waals surface area contributed by atoms with Gasteiger partial charge in [-0.25, -0.2) is 0 Å². The van der Waals surface area contributed by atoms with Gasteiger partial charge in [-0.05, 0) is 32.6 Å². The maximum atomic E-state index is 10.8. The van der Waals surface area contributed by atoms with Crippen LogP contribution in [0.2, 0.25) is 0 Å². The number of aryl methyl sites for hydroxylation is 1. The second kappa shape index (κ2) is 6.20. The normalized spacial score (nSPS) is 11.6. The molecule has 0 saturated heterocycles. The van der Waals surface area contributed by atoms with Gasteiger partial charge in [0, 0.05) is 29.5 Å². The van der Waals surface area contributed by atoms with E-state index in [0.29, 0.717) is 12.1 Å². The molecule has 4 nitrogen and oxygen atoms in total. The molecule has 0 unspecified atom stereocenters. The van der Waals surface area contributed by atoms with E-state index in [9.17, 15) is 10.1 Å². The van der Waals surface area contributed by atoms with E-state index in [1.807, 2.05) is 6.07 Å². The van der Waals surface area contributed by atoms with Gasteiger partial charge < -0.3 is 5.32 Å². The lowest BCUT2D eigenvalue weighted by Gasteiger charge is -2.22. The number of hydrogen-bond donors (Lipinski definition) is 1. The van der Waals surface area contributed by atoms with Crippen LogP contribution in [0, 0.1) is 17.0 Å². The lowest BCUT2D eigenvalue weighted by Crippen LogP contribution is -2.31. The van der Waals surface area contributed by atoms with Crippen molar-refractivity contribution in [2.45, 2.75) is 32.1 Å². The van der Waals surface area contributed by atoms with Crippen LogP contribution in [0.3, 0.4) is 0 Å². The Bertz CT molecular complexity index is 433. The van der Waals surface area contributed by atoms with E-state index in [1.54, 1.807) is 30.8 Å². The van der Waals surface area contributed by atoms with Crippen molar-refractivity contribution in [1.82, 2.24) is 5.32 Å². The van der Waals surface area contributed by atoms with Crippen molar-refractivity contribution in [2.75, 3.05) is 12.8 Å². The first-order valence-corrected chi connectivity index (χ1v) is 7.08. The minimum Gasteiger partial charge on any atom is -0.311 e. The van der Waals surface area contributed by atoms with Gasteiger partial charge in [0.15, 0.2) is 0 Å². The molecule has 1 aromatic rings. The zero-order valence-corrected chi connectivity index (χ0v) is 12.1. The van der Waals surface area contributed by atoms with Crippen molar-refractivity contribution in [3.63, 3.8) is 0 Å². The molecule has 0 spiro atoms. The van der Waals surface area contributed by atoms with Crippen molar-refractivity contribution in [1.29, 1.82) is 0 Å². The van der Waals surface area contributed by atoms with Crippen LogP contribution in [0.1, 0.15) is 25.0 Å². The quantitative estimate of drug-likeness (QED) is 0.636. The van der Waals surface area contributed by atoms with Crippen molar-refractivity contribution < 1.29 is 4.92 Å². The van der Waals surface area contributed by atoms with Crippen LogP contribution in [0.15, 0.2) is 18.2 Å². The lowest BCUT2D eigenvalue weighted by molar-refractivity contribution is -0.385. The Morgan fingerprint density at radius 1 is 1.44 bits per heavy atom. The molecule has 0 aliphatic heterocycles. The Hall–Kier alpha value is -1.07. The van der Waals surface area contributed by atoms with Crippen molar-refractivity contribution in [3.8, 4) is 0 Å². The van der Waals surface area contributed by atoms with E-state index in [4.69, 9.17) is 0 Å².